The highest BCUT2D eigenvalue weighted by Crippen LogP contribution is 2.48. The number of phenolic OH excluding ortho intramolecular Hbond substituents is 2. The van der Waals surface area contributed by atoms with Gasteiger partial charge < -0.3 is 20.2 Å². The third-order valence-electron chi connectivity index (χ3n) is 6.73. The van der Waals surface area contributed by atoms with Crippen LogP contribution in [0.4, 0.5) is 5.69 Å². The second kappa shape index (κ2) is 10.7. The van der Waals surface area contributed by atoms with Gasteiger partial charge in [0, 0.05) is 11.3 Å². The number of hydrogen-bond donors (Lipinski definition) is 3. The first-order valence-corrected chi connectivity index (χ1v) is 12.2. The van der Waals surface area contributed by atoms with Crippen LogP contribution in [0.2, 0.25) is 0 Å². The van der Waals surface area contributed by atoms with Crippen molar-refractivity contribution in [3.63, 3.8) is 0 Å². The molecule has 3 aromatic rings. The maximum Gasteiger partial charge on any atom is 0.233 e. The zero-order chi connectivity index (χ0) is 24.1. The number of aliphatic hydroxyl groups excluding tert-OH is 1. The number of aromatic hydroxyl groups is 2. The second-order valence-electron chi connectivity index (χ2n) is 9.15. The van der Waals surface area contributed by atoms with E-state index < -0.39 is 6.10 Å². The number of carbonyl (C=O) groups excluding carboxylic acids is 1. The molecule has 0 bridgehead atoms. The SMILES string of the molecule is CCCCC[C@@H](O)CC[C@H]1C(=O)N(c2ccccc2)[C@@H]1c1ccc(-c2cccc(O)c2)cc1O. The molecule has 5 heteroatoms. The second-order valence-corrected chi connectivity index (χ2v) is 9.15. The predicted octanol–water partition coefficient (Wildman–Crippen LogP) is 6.19. The molecular formula is C29H33NO4. The van der Waals surface area contributed by atoms with Gasteiger partial charge in [0.05, 0.1) is 18.1 Å². The van der Waals surface area contributed by atoms with Gasteiger partial charge in [0.25, 0.3) is 0 Å². The Hall–Kier alpha value is -3.31. The van der Waals surface area contributed by atoms with Crippen LogP contribution in [0.1, 0.15) is 57.1 Å². The van der Waals surface area contributed by atoms with Crippen molar-refractivity contribution in [3.8, 4) is 22.6 Å². The standard InChI is InChI=1S/C29H33NO4/c1-2-3-5-12-23(31)15-17-26-28(30(29(26)34)22-10-6-4-7-11-22)25-16-14-21(19-27(25)33)20-9-8-13-24(32)18-20/h4,6-11,13-14,16,18-19,23,26,28,31-33H,2-3,5,12,15,17H2,1H3/t23-,26-,28-/m1/s1. The van der Waals surface area contributed by atoms with E-state index in [4.69, 9.17) is 0 Å². The molecule has 0 saturated carbocycles. The van der Waals surface area contributed by atoms with E-state index in [0.717, 1.165) is 42.5 Å². The summed E-state index contributed by atoms with van der Waals surface area (Å²) in [5.41, 5.74) is 3.08. The summed E-state index contributed by atoms with van der Waals surface area (Å²) in [5, 5.41) is 31.2. The minimum Gasteiger partial charge on any atom is -0.508 e. The summed E-state index contributed by atoms with van der Waals surface area (Å²) in [7, 11) is 0. The van der Waals surface area contributed by atoms with Gasteiger partial charge in [-0.15, -0.1) is 0 Å². The van der Waals surface area contributed by atoms with E-state index in [9.17, 15) is 20.1 Å². The number of nitrogens with zero attached hydrogens (tertiary/aromatic N) is 1. The van der Waals surface area contributed by atoms with Crippen molar-refractivity contribution in [2.24, 2.45) is 5.92 Å². The molecule has 0 radical (unpaired) electrons. The lowest BCUT2D eigenvalue weighted by molar-refractivity contribution is -0.131. The van der Waals surface area contributed by atoms with Crippen LogP contribution in [-0.4, -0.2) is 27.3 Å². The average Bonchev–Trinajstić information content (AvgIpc) is 2.83. The molecular weight excluding hydrogens is 426 g/mol. The van der Waals surface area contributed by atoms with Gasteiger partial charge in [0.1, 0.15) is 11.5 Å². The lowest BCUT2D eigenvalue weighted by atomic mass is 9.77. The third kappa shape index (κ3) is 5.10. The van der Waals surface area contributed by atoms with Gasteiger partial charge in [0.15, 0.2) is 0 Å². The number of β-lactam (4-membered cyclic amide) rings is 1. The largest absolute Gasteiger partial charge is 0.508 e. The lowest BCUT2D eigenvalue weighted by Gasteiger charge is -2.48. The number of aliphatic hydroxyl groups is 1. The molecule has 1 heterocycles. The van der Waals surface area contributed by atoms with Crippen LogP contribution >= 0.6 is 0 Å². The molecule has 34 heavy (non-hydrogen) atoms. The topological polar surface area (TPSA) is 81.0 Å². The van der Waals surface area contributed by atoms with Crippen molar-refractivity contribution in [3.05, 3.63) is 78.4 Å². The highest BCUT2D eigenvalue weighted by Gasteiger charge is 2.49. The van der Waals surface area contributed by atoms with E-state index in [2.05, 4.69) is 6.92 Å². The Labute approximate surface area is 201 Å². The van der Waals surface area contributed by atoms with E-state index in [1.807, 2.05) is 48.5 Å². The van der Waals surface area contributed by atoms with Crippen LogP contribution < -0.4 is 4.90 Å². The molecule has 3 atom stereocenters. The van der Waals surface area contributed by atoms with E-state index in [1.54, 1.807) is 29.2 Å². The van der Waals surface area contributed by atoms with Gasteiger partial charge in [0.2, 0.25) is 5.91 Å². The summed E-state index contributed by atoms with van der Waals surface area (Å²) in [6.07, 6.45) is 4.70. The van der Waals surface area contributed by atoms with Crippen LogP contribution in [0.5, 0.6) is 11.5 Å². The number of hydrogen-bond acceptors (Lipinski definition) is 4. The fourth-order valence-corrected chi connectivity index (χ4v) is 4.87. The van der Waals surface area contributed by atoms with Crippen LogP contribution in [-0.2, 0) is 4.79 Å². The van der Waals surface area contributed by atoms with Crippen molar-refractivity contribution >= 4 is 11.6 Å². The quantitative estimate of drug-likeness (QED) is 0.249. The Kier molecular flexibility index (Phi) is 7.53. The monoisotopic (exact) mass is 459 g/mol. The first kappa shape index (κ1) is 23.8. The third-order valence-corrected chi connectivity index (χ3v) is 6.73. The van der Waals surface area contributed by atoms with Gasteiger partial charge in [-0.3, -0.25) is 4.79 Å². The van der Waals surface area contributed by atoms with Crippen LogP contribution in [0.3, 0.4) is 0 Å². The Bertz CT molecular complexity index is 1110. The number of carbonyl (C=O) groups is 1. The summed E-state index contributed by atoms with van der Waals surface area (Å²) < 4.78 is 0. The maximum atomic E-state index is 13.2. The summed E-state index contributed by atoms with van der Waals surface area (Å²) in [4.78, 5) is 14.9. The fourth-order valence-electron chi connectivity index (χ4n) is 4.87. The fraction of sp³-hybridized carbons (Fsp3) is 0.345. The highest BCUT2D eigenvalue weighted by molar-refractivity contribution is 6.03. The van der Waals surface area contributed by atoms with Gasteiger partial charge in [-0.25, -0.2) is 0 Å². The van der Waals surface area contributed by atoms with E-state index in [-0.39, 0.29) is 29.4 Å². The van der Waals surface area contributed by atoms with E-state index >= 15 is 0 Å². The molecule has 0 aliphatic carbocycles. The Morgan fingerprint density at radius 3 is 2.35 bits per heavy atom. The number of para-hydroxylation sites is 1. The average molecular weight is 460 g/mol. The molecule has 1 aliphatic rings. The first-order valence-electron chi connectivity index (χ1n) is 12.2. The summed E-state index contributed by atoms with van der Waals surface area (Å²) in [5.74, 6) is 0.0122. The van der Waals surface area contributed by atoms with E-state index in [0.29, 0.717) is 18.4 Å². The van der Waals surface area contributed by atoms with Gasteiger partial charge in [-0.1, -0.05) is 68.7 Å². The molecule has 1 aliphatic heterocycles. The molecule has 4 rings (SSSR count). The zero-order valence-electron chi connectivity index (χ0n) is 19.6. The summed E-state index contributed by atoms with van der Waals surface area (Å²) >= 11 is 0. The van der Waals surface area contributed by atoms with Gasteiger partial charge >= 0.3 is 0 Å². The molecule has 1 saturated heterocycles. The number of phenols is 2. The van der Waals surface area contributed by atoms with Crippen molar-refractivity contribution in [1.29, 1.82) is 0 Å². The minimum absolute atomic E-state index is 0.0217. The number of rotatable bonds is 10. The molecule has 3 N–H and O–H groups in total. The molecule has 0 unspecified atom stereocenters. The van der Waals surface area contributed by atoms with Crippen molar-refractivity contribution in [2.45, 2.75) is 57.6 Å². The van der Waals surface area contributed by atoms with Crippen LogP contribution in [0.15, 0.2) is 72.8 Å². The summed E-state index contributed by atoms with van der Waals surface area (Å²) in [6, 6.07) is 21.6. The van der Waals surface area contributed by atoms with Crippen molar-refractivity contribution < 1.29 is 20.1 Å². The van der Waals surface area contributed by atoms with Crippen molar-refractivity contribution in [2.75, 3.05) is 4.90 Å². The Morgan fingerprint density at radius 1 is 0.882 bits per heavy atom. The number of unbranched alkanes of at least 4 members (excludes halogenated alkanes) is 2. The smallest absolute Gasteiger partial charge is 0.233 e. The summed E-state index contributed by atoms with van der Waals surface area (Å²) in [6.45, 7) is 2.14. The molecule has 178 valence electrons. The zero-order valence-corrected chi connectivity index (χ0v) is 19.6. The first-order chi connectivity index (χ1) is 16.5. The Balaban J connectivity index is 1.58. The van der Waals surface area contributed by atoms with Gasteiger partial charge in [-0.2, -0.15) is 0 Å². The normalized spacial score (nSPS) is 18.5. The van der Waals surface area contributed by atoms with Gasteiger partial charge in [-0.05, 0) is 60.7 Å². The molecule has 1 fully saturated rings. The molecule has 0 aromatic heterocycles. The Morgan fingerprint density at radius 2 is 1.65 bits per heavy atom. The predicted molar refractivity (Wildman–Crippen MR) is 135 cm³/mol. The molecule has 3 aromatic carbocycles. The van der Waals surface area contributed by atoms with Crippen LogP contribution in [0.25, 0.3) is 11.1 Å². The lowest BCUT2D eigenvalue weighted by Crippen LogP contribution is -2.55. The minimum atomic E-state index is -0.410. The number of benzene rings is 3. The van der Waals surface area contributed by atoms with E-state index in [1.165, 1.54) is 0 Å². The molecule has 0 spiro atoms. The molecule has 1 amide bonds. The maximum absolute atomic E-state index is 13.2. The highest BCUT2D eigenvalue weighted by atomic mass is 16.3. The number of anilines is 1. The number of amides is 1. The van der Waals surface area contributed by atoms with Crippen molar-refractivity contribution in [1.82, 2.24) is 0 Å². The van der Waals surface area contributed by atoms with Crippen LogP contribution in [0, 0.1) is 5.92 Å². The molecule has 5 nitrogen and oxygen atoms in total.